The van der Waals surface area contributed by atoms with Crippen LogP contribution < -0.4 is 0 Å². The van der Waals surface area contributed by atoms with Crippen molar-refractivity contribution in [2.24, 2.45) is 10.8 Å². The first-order chi connectivity index (χ1) is 15.5. The molecule has 0 aliphatic rings. The maximum Gasteiger partial charge on any atom is 0.352 e. The van der Waals surface area contributed by atoms with Crippen molar-refractivity contribution < 1.29 is 65.4 Å². The zero-order chi connectivity index (χ0) is 26.1. The van der Waals surface area contributed by atoms with E-state index in [1.54, 1.807) is 18.2 Å². The number of methoxy groups -OCH3 is 1. The first-order valence-corrected chi connectivity index (χ1v) is 9.49. The molecule has 0 amide bonds. The number of hydrogen-bond acceptors (Lipinski definition) is 11. The lowest BCUT2D eigenvalue weighted by molar-refractivity contribution is -0.181. The molecule has 0 aromatic heterocycles. The van der Waals surface area contributed by atoms with E-state index in [1.807, 2.05) is 0 Å². The molecule has 0 fully saturated rings. The number of benzene rings is 1. The predicted octanol–water partition coefficient (Wildman–Crippen LogP) is -3.42. The second-order valence-electron chi connectivity index (χ2n) is 7.13. The molecule has 0 spiro atoms. The number of carboxylic acids is 2. The summed E-state index contributed by atoms with van der Waals surface area (Å²) < 4.78 is 4.65. The van der Waals surface area contributed by atoms with Crippen molar-refractivity contribution >= 4 is 11.9 Å². The average molecular weight is 482 g/mol. The number of rotatable bonds is 12. The predicted molar refractivity (Wildman–Crippen MR) is 112 cm³/mol. The standard InChI is InChI=1S/C10H10O5.2C5H12O4/c1-15-10(8(11)12,9(13)14)7-5-3-2-4-6-7;2*6-1-5(2-7,3-8)4-9/h2-6H,1H3,(H,11,12)(H,13,14);2*6-9H,1-4H2. The molecule has 0 unspecified atom stereocenters. The minimum atomic E-state index is -2.33. The number of carboxylic acid groups (broad SMARTS) is 2. The Morgan fingerprint density at radius 2 is 0.909 bits per heavy atom. The van der Waals surface area contributed by atoms with E-state index >= 15 is 0 Å². The second-order valence-corrected chi connectivity index (χ2v) is 7.13. The van der Waals surface area contributed by atoms with Gasteiger partial charge in [-0.2, -0.15) is 0 Å². The first kappa shape index (κ1) is 33.0. The quantitative estimate of drug-likeness (QED) is 0.131. The Morgan fingerprint density at radius 3 is 1.06 bits per heavy atom. The third kappa shape index (κ3) is 8.92. The number of aliphatic hydroxyl groups excluding tert-OH is 8. The van der Waals surface area contributed by atoms with Crippen LogP contribution in [-0.2, 0) is 19.9 Å². The van der Waals surface area contributed by atoms with Gasteiger partial charge in [0.25, 0.3) is 5.60 Å². The molecule has 0 saturated carbocycles. The third-order valence-corrected chi connectivity index (χ3v) is 4.77. The Hall–Kier alpha value is -2.20. The summed E-state index contributed by atoms with van der Waals surface area (Å²) in [5.41, 5.74) is -4.48. The fourth-order valence-corrected chi connectivity index (χ4v) is 1.90. The fourth-order valence-electron chi connectivity index (χ4n) is 1.90. The summed E-state index contributed by atoms with van der Waals surface area (Å²) in [6.07, 6.45) is 0. The molecular weight excluding hydrogens is 448 g/mol. The van der Waals surface area contributed by atoms with Gasteiger partial charge in [0, 0.05) is 12.7 Å². The van der Waals surface area contributed by atoms with Gasteiger partial charge in [0.05, 0.1) is 63.7 Å². The monoisotopic (exact) mass is 482 g/mol. The highest BCUT2D eigenvalue weighted by Crippen LogP contribution is 2.25. The molecule has 0 atom stereocenters. The smallest absolute Gasteiger partial charge is 0.352 e. The number of aliphatic carboxylic acids is 2. The van der Waals surface area contributed by atoms with Crippen LogP contribution in [0.15, 0.2) is 30.3 Å². The van der Waals surface area contributed by atoms with Gasteiger partial charge in [-0.25, -0.2) is 9.59 Å². The molecule has 1 rings (SSSR count). The lowest BCUT2D eigenvalue weighted by Gasteiger charge is -2.23. The van der Waals surface area contributed by atoms with Gasteiger partial charge in [0.2, 0.25) is 0 Å². The Morgan fingerprint density at radius 1 is 0.636 bits per heavy atom. The topological polar surface area (TPSA) is 246 Å². The van der Waals surface area contributed by atoms with Gasteiger partial charge >= 0.3 is 11.9 Å². The molecule has 0 aliphatic carbocycles. The van der Waals surface area contributed by atoms with E-state index in [2.05, 4.69) is 4.74 Å². The molecule has 0 aliphatic heterocycles. The van der Waals surface area contributed by atoms with E-state index in [4.69, 9.17) is 51.1 Å². The van der Waals surface area contributed by atoms with Crippen molar-refractivity contribution in [3.05, 3.63) is 35.9 Å². The van der Waals surface area contributed by atoms with Crippen LogP contribution in [0, 0.1) is 10.8 Å². The highest BCUT2D eigenvalue weighted by atomic mass is 16.5. The van der Waals surface area contributed by atoms with Crippen LogP contribution in [0.2, 0.25) is 0 Å². The van der Waals surface area contributed by atoms with Crippen LogP contribution in [0.3, 0.4) is 0 Å². The van der Waals surface area contributed by atoms with Gasteiger partial charge in [-0.15, -0.1) is 0 Å². The Labute approximate surface area is 190 Å². The fraction of sp³-hybridized carbons (Fsp3) is 0.600. The highest BCUT2D eigenvalue weighted by Gasteiger charge is 2.49. The summed E-state index contributed by atoms with van der Waals surface area (Å²) >= 11 is 0. The van der Waals surface area contributed by atoms with Crippen molar-refractivity contribution in [1.82, 2.24) is 0 Å². The molecule has 0 bridgehead atoms. The molecule has 0 saturated heterocycles. The normalized spacial score (nSPS) is 11.5. The minimum absolute atomic E-state index is 0.0764. The summed E-state index contributed by atoms with van der Waals surface area (Å²) in [7, 11) is 1.05. The lowest BCUT2D eigenvalue weighted by atomic mass is 9.93. The van der Waals surface area contributed by atoms with Crippen molar-refractivity contribution in [3.63, 3.8) is 0 Å². The van der Waals surface area contributed by atoms with Crippen LogP contribution in [0.5, 0.6) is 0 Å². The maximum absolute atomic E-state index is 11.0. The molecule has 13 nitrogen and oxygen atoms in total. The number of ether oxygens (including phenoxy) is 1. The van der Waals surface area contributed by atoms with Crippen LogP contribution in [0.25, 0.3) is 0 Å². The Kier molecular flexibility index (Phi) is 16.4. The SMILES string of the molecule is COC(C(=O)O)(C(=O)O)c1ccccc1.OCC(CO)(CO)CO.OCC(CO)(CO)CO. The summed E-state index contributed by atoms with van der Waals surface area (Å²) in [5, 5.41) is 85.9. The van der Waals surface area contributed by atoms with E-state index in [0.717, 1.165) is 7.11 Å². The first-order valence-electron chi connectivity index (χ1n) is 9.49. The van der Waals surface area contributed by atoms with Crippen LogP contribution >= 0.6 is 0 Å². The van der Waals surface area contributed by atoms with Crippen LogP contribution in [-0.4, -0.2) is 123 Å². The number of aliphatic hydroxyl groups is 8. The van der Waals surface area contributed by atoms with Gasteiger partial charge in [-0.05, 0) is 0 Å². The molecule has 0 heterocycles. The maximum atomic E-state index is 11.0. The summed E-state index contributed by atoms with van der Waals surface area (Å²) in [4.78, 5) is 22.0. The molecule has 13 heteroatoms. The Balaban J connectivity index is 0. The van der Waals surface area contributed by atoms with Crippen LogP contribution in [0.1, 0.15) is 5.56 Å². The molecule has 10 N–H and O–H groups in total. The van der Waals surface area contributed by atoms with Crippen LogP contribution in [0.4, 0.5) is 0 Å². The average Bonchev–Trinajstić information content (AvgIpc) is 2.85. The van der Waals surface area contributed by atoms with Gasteiger partial charge in [0.15, 0.2) is 0 Å². The molecule has 192 valence electrons. The largest absolute Gasteiger partial charge is 0.478 e. The van der Waals surface area contributed by atoms with Crippen molar-refractivity contribution in [1.29, 1.82) is 0 Å². The summed E-state index contributed by atoms with van der Waals surface area (Å²) in [6.45, 7) is -3.25. The van der Waals surface area contributed by atoms with Gasteiger partial charge in [0.1, 0.15) is 0 Å². The van der Waals surface area contributed by atoms with E-state index in [9.17, 15) is 9.59 Å². The van der Waals surface area contributed by atoms with E-state index < -0.39 is 81.2 Å². The van der Waals surface area contributed by atoms with E-state index in [1.165, 1.54) is 12.1 Å². The third-order valence-electron chi connectivity index (χ3n) is 4.77. The lowest BCUT2D eigenvalue weighted by Crippen LogP contribution is -2.45. The minimum Gasteiger partial charge on any atom is -0.478 e. The van der Waals surface area contributed by atoms with Crippen molar-refractivity contribution in [3.8, 4) is 0 Å². The van der Waals surface area contributed by atoms with Gasteiger partial charge in [-0.3, -0.25) is 0 Å². The van der Waals surface area contributed by atoms with Gasteiger partial charge in [-0.1, -0.05) is 30.3 Å². The molecule has 33 heavy (non-hydrogen) atoms. The van der Waals surface area contributed by atoms with Gasteiger partial charge < -0.3 is 55.8 Å². The zero-order valence-electron chi connectivity index (χ0n) is 18.2. The molecule has 1 aromatic carbocycles. The zero-order valence-corrected chi connectivity index (χ0v) is 18.2. The highest BCUT2D eigenvalue weighted by molar-refractivity contribution is 6.02. The van der Waals surface area contributed by atoms with E-state index in [0.29, 0.717) is 0 Å². The van der Waals surface area contributed by atoms with E-state index in [-0.39, 0.29) is 5.56 Å². The van der Waals surface area contributed by atoms with Crippen molar-refractivity contribution in [2.45, 2.75) is 5.60 Å². The van der Waals surface area contributed by atoms with Crippen molar-refractivity contribution in [2.75, 3.05) is 60.0 Å². The number of carbonyl (C=O) groups is 2. The molecule has 0 radical (unpaired) electrons. The second kappa shape index (κ2) is 16.4. The number of hydrogen-bond donors (Lipinski definition) is 10. The molecular formula is C20H34O13. The molecule has 1 aromatic rings. The summed E-state index contributed by atoms with van der Waals surface area (Å²) in [5.74, 6) is -3.10. The summed E-state index contributed by atoms with van der Waals surface area (Å²) in [6, 6.07) is 7.55. The Bertz CT molecular complexity index is 588.